The van der Waals surface area contributed by atoms with Crippen molar-refractivity contribution in [1.82, 2.24) is 5.32 Å². The maximum absolute atomic E-state index is 13.1. The summed E-state index contributed by atoms with van der Waals surface area (Å²) in [7, 11) is 1.43. The smallest absolute Gasteiger partial charge is 0.335 e. The molecule has 0 saturated carbocycles. The first-order valence-corrected chi connectivity index (χ1v) is 12.7. The number of carbonyl (C=O) groups is 4. The number of aryl methyl sites for hydroxylation is 1. The third-order valence-electron chi connectivity index (χ3n) is 6.00. The van der Waals surface area contributed by atoms with Crippen molar-refractivity contribution in [2.75, 3.05) is 23.9 Å². The van der Waals surface area contributed by atoms with E-state index in [9.17, 15) is 24.3 Å². The quantitative estimate of drug-likeness (QED) is 0.199. The Morgan fingerprint density at radius 1 is 1.10 bits per heavy atom. The second kappa shape index (κ2) is 11.6. The van der Waals surface area contributed by atoms with E-state index in [0.29, 0.717) is 20.6 Å². The zero-order valence-corrected chi connectivity index (χ0v) is 23.4. The number of barbiturate groups is 1. The second-order valence-electron chi connectivity index (χ2n) is 8.59. The first-order valence-electron chi connectivity index (χ1n) is 11.7. The number of hydrogen-bond acceptors (Lipinski definition) is 7. The van der Waals surface area contributed by atoms with Gasteiger partial charge < -0.3 is 19.9 Å². The number of phenolic OH excluding ortho intramolecular Hbond substituents is 1. The molecule has 1 aliphatic heterocycles. The Kier molecular flexibility index (Phi) is 8.19. The lowest BCUT2D eigenvalue weighted by molar-refractivity contribution is -0.122. The zero-order valence-electron chi connectivity index (χ0n) is 21.2. The number of urea groups is 1. The molecule has 1 aliphatic rings. The van der Waals surface area contributed by atoms with Crippen LogP contribution in [0.5, 0.6) is 17.2 Å². The SMILES string of the molecule is COc1cc(/C=C2/C(=O)NC(=O)N(c3ccc(O)cc3)C2=O)cc(I)c1OCC(=O)Nc1cccc(C)c1C. The molecule has 1 fully saturated rings. The van der Waals surface area contributed by atoms with Crippen LogP contribution < -0.4 is 25.0 Å². The highest BCUT2D eigenvalue weighted by Gasteiger charge is 2.37. The number of rotatable bonds is 7. The van der Waals surface area contributed by atoms with Gasteiger partial charge in [-0.2, -0.15) is 0 Å². The van der Waals surface area contributed by atoms with Gasteiger partial charge in [-0.15, -0.1) is 0 Å². The van der Waals surface area contributed by atoms with Crippen LogP contribution in [0.2, 0.25) is 0 Å². The molecule has 4 rings (SSSR count). The summed E-state index contributed by atoms with van der Waals surface area (Å²) in [5.41, 5.74) is 3.05. The largest absolute Gasteiger partial charge is 0.508 e. The van der Waals surface area contributed by atoms with E-state index < -0.39 is 17.8 Å². The van der Waals surface area contributed by atoms with Crippen molar-refractivity contribution in [1.29, 1.82) is 0 Å². The molecule has 3 aromatic rings. The Morgan fingerprint density at radius 2 is 1.82 bits per heavy atom. The fourth-order valence-electron chi connectivity index (χ4n) is 3.83. The Bertz CT molecular complexity index is 1520. The summed E-state index contributed by atoms with van der Waals surface area (Å²) in [4.78, 5) is 51.4. The molecule has 10 nitrogen and oxygen atoms in total. The number of aromatic hydroxyl groups is 1. The summed E-state index contributed by atoms with van der Waals surface area (Å²) >= 11 is 2.00. The van der Waals surface area contributed by atoms with Gasteiger partial charge in [0.1, 0.15) is 11.3 Å². The standard InChI is InChI=1S/C28H24IN3O7/c1-15-5-4-6-22(16(15)2)30-24(34)14-39-25-21(29)12-17(13-23(25)38-3)11-20-26(35)31-28(37)32(27(20)36)18-7-9-19(33)10-8-18/h4-13,33H,14H2,1-3H3,(H,30,34)(H,31,35,37)/b20-11-. The molecule has 11 heteroatoms. The average Bonchev–Trinajstić information content (AvgIpc) is 2.89. The third-order valence-corrected chi connectivity index (χ3v) is 6.80. The van der Waals surface area contributed by atoms with Gasteiger partial charge in [-0.3, -0.25) is 19.7 Å². The molecule has 5 amide bonds. The third kappa shape index (κ3) is 6.03. The molecule has 3 aromatic carbocycles. The molecule has 200 valence electrons. The first-order chi connectivity index (χ1) is 18.6. The lowest BCUT2D eigenvalue weighted by Gasteiger charge is -2.26. The van der Waals surface area contributed by atoms with Crippen LogP contribution in [0.1, 0.15) is 16.7 Å². The van der Waals surface area contributed by atoms with Gasteiger partial charge in [0.25, 0.3) is 17.7 Å². The van der Waals surface area contributed by atoms with Crippen molar-refractivity contribution < 1.29 is 33.8 Å². The van der Waals surface area contributed by atoms with Gasteiger partial charge in [0.05, 0.1) is 16.4 Å². The highest BCUT2D eigenvalue weighted by atomic mass is 127. The lowest BCUT2D eigenvalue weighted by atomic mass is 10.1. The van der Waals surface area contributed by atoms with E-state index in [0.717, 1.165) is 16.0 Å². The van der Waals surface area contributed by atoms with Crippen molar-refractivity contribution >= 4 is 63.8 Å². The van der Waals surface area contributed by atoms with Crippen LogP contribution in [-0.2, 0) is 14.4 Å². The number of halogens is 1. The number of hydrogen-bond donors (Lipinski definition) is 3. The molecule has 0 radical (unpaired) electrons. The molecular formula is C28H24IN3O7. The Labute approximate surface area is 237 Å². The second-order valence-corrected chi connectivity index (χ2v) is 9.75. The Hall–Kier alpha value is -4.39. The fourth-order valence-corrected chi connectivity index (χ4v) is 4.62. The minimum atomic E-state index is -0.900. The molecule has 0 aliphatic carbocycles. The van der Waals surface area contributed by atoms with Crippen molar-refractivity contribution in [3.63, 3.8) is 0 Å². The minimum Gasteiger partial charge on any atom is -0.508 e. The van der Waals surface area contributed by atoms with Gasteiger partial charge in [0.15, 0.2) is 18.1 Å². The van der Waals surface area contributed by atoms with E-state index in [1.165, 1.54) is 37.5 Å². The van der Waals surface area contributed by atoms with Gasteiger partial charge in [-0.1, -0.05) is 12.1 Å². The van der Waals surface area contributed by atoms with E-state index in [2.05, 4.69) is 10.6 Å². The molecule has 0 bridgehead atoms. The van der Waals surface area contributed by atoms with E-state index in [-0.39, 0.29) is 35.3 Å². The van der Waals surface area contributed by atoms with Crippen LogP contribution in [0.25, 0.3) is 6.08 Å². The number of methoxy groups -OCH3 is 1. The van der Waals surface area contributed by atoms with Gasteiger partial charge in [-0.05, 0) is 102 Å². The summed E-state index contributed by atoms with van der Waals surface area (Å²) in [6.07, 6.45) is 1.33. The molecular weight excluding hydrogens is 617 g/mol. The van der Waals surface area contributed by atoms with Crippen molar-refractivity contribution in [3.05, 3.63) is 80.4 Å². The summed E-state index contributed by atoms with van der Waals surface area (Å²) < 4.78 is 11.8. The van der Waals surface area contributed by atoms with Gasteiger partial charge >= 0.3 is 6.03 Å². The fraction of sp³-hybridized carbons (Fsp3) is 0.143. The highest BCUT2D eigenvalue weighted by Crippen LogP contribution is 2.35. The van der Waals surface area contributed by atoms with Crippen LogP contribution in [0.15, 0.2) is 60.2 Å². The van der Waals surface area contributed by atoms with Gasteiger partial charge in [0, 0.05) is 5.69 Å². The summed E-state index contributed by atoms with van der Waals surface area (Å²) in [5, 5.41) is 14.5. The van der Waals surface area contributed by atoms with Crippen LogP contribution in [0.3, 0.4) is 0 Å². The number of anilines is 2. The minimum absolute atomic E-state index is 0.0396. The number of phenols is 1. The molecule has 39 heavy (non-hydrogen) atoms. The molecule has 3 N–H and O–H groups in total. The topological polar surface area (TPSA) is 134 Å². The zero-order chi connectivity index (χ0) is 28.3. The number of amides is 5. The summed E-state index contributed by atoms with van der Waals surface area (Å²) in [6, 6.07) is 13.3. The van der Waals surface area contributed by atoms with Crippen LogP contribution >= 0.6 is 22.6 Å². The number of imide groups is 2. The van der Waals surface area contributed by atoms with E-state index in [4.69, 9.17) is 9.47 Å². The molecule has 0 unspecified atom stereocenters. The van der Waals surface area contributed by atoms with Gasteiger partial charge in [-0.25, -0.2) is 9.69 Å². The number of carbonyl (C=O) groups excluding carboxylic acids is 4. The number of ether oxygens (including phenoxy) is 2. The molecule has 0 atom stereocenters. The van der Waals surface area contributed by atoms with Crippen LogP contribution in [-0.4, -0.2) is 42.6 Å². The molecule has 0 spiro atoms. The molecule has 1 saturated heterocycles. The first kappa shape index (κ1) is 27.6. The van der Waals surface area contributed by atoms with Gasteiger partial charge in [0.2, 0.25) is 0 Å². The Balaban J connectivity index is 1.55. The number of nitrogens with one attached hydrogen (secondary N) is 2. The lowest BCUT2D eigenvalue weighted by Crippen LogP contribution is -2.54. The van der Waals surface area contributed by atoms with Crippen LogP contribution in [0.4, 0.5) is 16.2 Å². The average molecular weight is 641 g/mol. The van der Waals surface area contributed by atoms with E-state index in [1.54, 1.807) is 12.1 Å². The van der Waals surface area contributed by atoms with Crippen LogP contribution in [0, 0.1) is 17.4 Å². The molecule has 1 heterocycles. The summed E-state index contributed by atoms with van der Waals surface area (Å²) in [5.74, 6) is -1.47. The van der Waals surface area contributed by atoms with Crippen molar-refractivity contribution in [3.8, 4) is 17.2 Å². The predicted molar refractivity (Wildman–Crippen MR) is 153 cm³/mol. The van der Waals surface area contributed by atoms with E-state index in [1.807, 2.05) is 54.6 Å². The van der Waals surface area contributed by atoms with Crippen molar-refractivity contribution in [2.24, 2.45) is 0 Å². The normalized spacial score (nSPS) is 14.3. The number of nitrogens with zero attached hydrogens (tertiary/aromatic N) is 1. The van der Waals surface area contributed by atoms with E-state index >= 15 is 0 Å². The molecule has 0 aromatic heterocycles. The monoisotopic (exact) mass is 641 g/mol. The highest BCUT2D eigenvalue weighted by molar-refractivity contribution is 14.1. The predicted octanol–water partition coefficient (Wildman–Crippen LogP) is 4.31. The number of benzene rings is 3. The Morgan fingerprint density at radius 3 is 2.51 bits per heavy atom. The summed E-state index contributed by atoms with van der Waals surface area (Å²) in [6.45, 7) is 3.60. The van der Waals surface area contributed by atoms with Crippen molar-refractivity contribution in [2.45, 2.75) is 13.8 Å². The maximum Gasteiger partial charge on any atom is 0.335 e. The maximum atomic E-state index is 13.1.